The average molecular weight is 241 g/mol. The SMILES string of the molecule is CSc1c(-[n+]2ccccc2)[nH]c2ccccc12. The molecular weight excluding hydrogens is 228 g/mol. The summed E-state index contributed by atoms with van der Waals surface area (Å²) in [6, 6.07) is 14.5. The van der Waals surface area contributed by atoms with Crippen molar-refractivity contribution in [2.75, 3.05) is 6.26 Å². The van der Waals surface area contributed by atoms with Gasteiger partial charge in [-0.25, -0.2) is 9.55 Å². The lowest BCUT2D eigenvalue weighted by Gasteiger charge is -1.96. The van der Waals surface area contributed by atoms with E-state index in [2.05, 4.69) is 52.5 Å². The van der Waals surface area contributed by atoms with E-state index in [1.54, 1.807) is 11.8 Å². The maximum atomic E-state index is 3.47. The first-order chi connectivity index (χ1) is 8.40. The Bertz CT molecular complexity index is 644. The Morgan fingerprint density at radius 2 is 1.76 bits per heavy atom. The molecule has 0 aliphatic rings. The van der Waals surface area contributed by atoms with Crippen molar-refractivity contribution < 1.29 is 4.57 Å². The summed E-state index contributed by atoms with van der Waals surface area (Å²) in [5, 5.41) is 1.28. The fourth-order valence-corrected chi connectivity index (χ4v) is 2.79. The van der Waals surface area contributed by atoms with Crippen molar-refractivity contribution in [3.05, 3.63) is 54.9 Å². The summed E-state index contributed by atoms with van der Waals surface area (Å²) >= 11 is 1.77. The maximum absolute atomic E-state index is 3.47. The Labute approximate surface area is 104 Å². The number of fused-ring (bicyclic) bond motifs is 1. The number of thioether (sulfide) groups is 1. The summed E-state index contributed by atoms with van der Waals surface area (Å²) in [7, 11) is 0. The molecule has 0 unspecified atom stereocenters. The van der Waals surface area contributed by atoms with Crippen LogP contribution in [0.3, 0.4) is 0 Å². The van der Waals surface area contributed by atoms with Gasteiger partial charge in [0.2, 0.25) is 0 Å². The van der Waals surface area contributed by atoms with E-state index in [1.165, 1.54) is 15.8 Å². The van der Waals surface area contributed by atoms with Crippen LogP contribution in [-0.2, 0) is 0 Å². The number of benzene rings is 1. The molecule has 0 saturated heterocycles. The number of hydrogen-bond donors (Lipinski definition) is 1. The second kappa shape index (κ2) is 4.26. The van der Waals surface area contributed by atoms with Gasteiger partial charge in [-0.1, -0.05) is 18.2 Å². The number of nitrogens with one attached hydrogen (secondary N) is 1. The summed E-state index contributed by atoms with van der Waals surface area (Å²) in [5.74, 6) is 1.14. The Hall–Kier alpha value is -1.74. The number of aromatic nitrogens is 2. The van der Waals surface area contributed by atoms with Crippen LogP contribution < -0.4 is 4.57 Å². The minimum atomic E-state index is 1.14. The Morgan fingerprint density at radius 1 is 1.00 bits per heavy atom. The summed E-state index contributed by atoms with van der Waals surface area (Å²) in [6.45, 7) is 0. The molecule has 2 heterocycles. The van der Waals surface area contributed by atoms with Crippen molar-refractivity contribution in [2.24, 2.45) is 0 Å². The zero-order valence-corrected chi connectivity index (χ0v) is 10.4. The molecular formula is C14H13N2S+. The highest BCUT2D eigenvalue weighted by atomic mass is 32.2. The quantitative estimate of drug-likeness (QED) is 0.539. The van der Waals surface area contributed by atoms with Gasteiger partial charge in [0.05, 0.1) is 12.4 Å². The number of nitrogens with zero attached hydrogens (tertiary/aromatic N) is 1. The third-order valence-electron chi connectivity index (χ3n) is 2.82. The standard InChI is InChI=1S/C14H13N2S/c1-17-13-11-7-3-4-8-12(11)15-14(13)16-9-5-2-6-10-16/h2-10,15H,1H3/q+1. The summed E-state index contributed by atoms with van der Waals surface area (Å²) in [5.41, 5.74) is 1.18. The van der Waals surface area contributed by atoms with Crippen molar-refractivity contribution in [3.63, 3.8) is 0 Å². The van der Waals surface area contributed by atoms with Crippen molar-refractivity contribution in [2.45, 2.75) is 4.90 Å². The van der Waals surface area contributed by atoms with Crippen LogP contribution in [0.15, 0.2) is 59.8 Å². The predicted octanol–water partition coefficient (Wildman–Crippen LogP) is 3.17. The molecule has 1 N–H and O–H groups in total. The number of rotatable bonds is 2. The van der Waals surface area contributed by atoms with Crippen LogP contribution in [0.25, 0.3) is 16.7 Å². The predicted molar refractivity (Wildman–Crippen MR) is 71.6 cm³/mol. The molecule has 0 spiro atoms. The molecule has 2 nitrogen and oxygen atoms in total. The van der Waals surface area contributed by atoms with Gasteiger partial charge in [-0.2, -0.15) is 0 Å². The van der Waals surface area contributed by atoms with E-state index < -0.39 is 0 Å². The van der Waals surface area contributed by atoms with E-state index in [0.29, 0.717) is 0 Å². The van der Waals surface area contributed by atoms with Gasteiger partial charge < -0.3 is 0 Å². The van der Waals surface area contributed by atoms with Crippen LogP contribution in [0.1, 0.15) is 0 Å². The molecule has 3 aromatic rings. The molecule has 0 radical (unpaired) electrons. The molecule has 0 aliphatic heterocycles. The fraction of sp³-hybridized carbons (Fsp3) is 0.0714. The van der Waals surface area contributed by atoms with Crippen molar-refractivity contribution in [1.82, 2.24) is 4.98 Å². The second-order valence-electron chi connectivity index (χ2n) is 3.84. The topological polar surface area (TPSA) is 19.7 Å². The highest BCUT2D eigenvalue weighted by Gasteiger charge is 2.18. The van der Waals surface area contributed by atoms with Gasteiger partial charge in [-0.15, -0.1) is 11.8 Å². The minimum Gasteiger partial charge on any atom is -0.239 e. The molecule has 0 aliphatic carbocycles. The molecule has 3 rings (SSSR count). The van der Waals surface area contributed by atoms with Crippen LogP contribution in [-0.4, -0.2) is 11.2 Å². The third-order valence-corrected chi connectivity index (χ3v) is 3.64. The zero-order chi connectivity index (χ0) is 11.7. The van der Waals surface area contributed by atoms with Crippen molar-refractivity contribution >= 4 is 22.7 Å². The highest BCUT2D eigenvalue weighted by Crippen LogP contribution is 2.29. The number of H-pyrrole nitrogens is 1. The molecule has 2 aromatic heterocycles. The first-order valence-corrected chi connectivity index (χ1v) is 6.74. The van der Waals surface area contributed by atoms with E-state index in [9.17, 15) is 0 Å². The van der Waals surface area contributed by atoms with Crippen molar-refractivity contribution in [1.29, 1.82) is 0 Å². The van der Waals surface area contributed by atoms with Gasteiger partial charge in [-0.3, -0.25) is 0 Å². The van der Waals surface area contributed by atoms with E-state index in [-0.39, 0.29) is 0 Å². The smallest absolute Gasteiger partial charge is 0.239 e. The zero-order valence-electron chi connectivity index (χ0n) is 9.55. The van der Waals surface area contributed by atoms with Crippen molar-refractivity contribution in [3.8, 4) is 5.82 Å². The molecule has 0 bridgehead atoms. The molecule has 3 heteroatoms. The first kappa shape index (κ1) is 10.4. The lowest BCUT2D eigenvalue weighted by atomic mass is 10.2. The fourth-order valence-electron chi connectivity index (χ4n) is 2.04. The maximum Gasteiger partial charge on any atom is 0.298 e. The molecule has 0 fully saturated rings. The Morgan fingerprint density at radius 3 is 2.53 bits per heavy atom. The number of hydrogen-bond acceptors (Lipinski definition) is 1. The van der Waals surface area contributed by atoms with E-state index >= 15 is 0 Å². The van der Waals surface area contributed by atoms with Gasteiger partial charge in [-0.05, 0) is 30.5 Å². The summed E-state index contributed by atoms with van der Waals surface area (Å²) in [4.78, 5) is 4.76. The molecule has 0 amide bonds. The van der Waals surface area contributed by atoms with Gasteiger partial charge >= 0.3 is 0 Å². The molecule has 0 saturated carbocycles. The lowest BCUT2D eigenvalue weighted by Crippen LogP contribution is -2.30. The summed E-state index contributed by atoms with van der Waals surface area (Å²) in [6.07, 6.45) is 6.23. The van der Waals surface area contributed by atoms with Crippen LogP contribution in [0.4, 0.5) is 0 Å². The van der Waals surface area contributed by atoms with Gasteiger partial charge in [0.1, 0.15) is 10.4 Å². The van der Waals surface area contributed by atoms with Gasteiger partial charge in [0.15, 0.2) is 0 Å². The van der Waals surface area contributed by atoms with Crippen LogP contribution in [0.2, 0.25) is 0 Å². The van der Waals surface area contributed by atoms with Crippen LogP contribution >= 0.6 is 11.8 Å². The molecule has 0 atom stereocenters. The molecule has 1 aromatic carbocycles. The second-order valence-corrected chi connectivity index (χ2v) is 4.65. The minimum absolute atomic E-state index is 1.14. The molecule has 17 heavy (non-hydrogen) atoms. The summed E-state index contributed by atoms with van der Waals surface area (Å²) < 4.78 is 2.12. The largest absolute Gasteiger partial charge is 0.298 e. The first-order valence-electron chi connectivity index (χ1n) is 5.51. The third kappa shape index (κ3) is 1.72. The van der Waals surface area contributed by atoms with Crippen LogP contribution in [0, 0.1) is 0 Å². The van der Waals surface area contributed by atoms with Crippen LogP contribution in [0.5, 0.6) is 0 Å². The molecule has 84 valence electrons. The normalized spacial score (nSPS) is 10.9. The monoisotopic (exact) mass is 241 g/mol. The number of pyridine rings is 1. The Kier molecular flexibility index (Phi) is 2.61. The average Bonchev–Trinajstić information content (AvgIpc) is 2.78. The van der Waals surface area contributed by atoms with E-state index in [0.717, 1.165) is 5.82 Å². The van der Waals surface area contributed by atoms with E-state index in [1.807, 2.05) is 18.2 Å². The van der Waals surface area contributed by atoms with Gasteiger partial charge in [0.25, 0.3) is 5.82 Å². The number of aromatic amines is 1. The van der Waals surface area contributed by atoms with E-state index in [4.69, 9.17) is 0 Å². The van der Waals surface area contributed by atoms with Gasteiger partial charge in [0, 0.05) is 5.39 Å². The number of para-hydroxylation sites is 1. The highest BCUT2D eigenvalue weighted by molar-refractivity contribution is 7.99. The lowest BCUT2D eigenvalue weighted by molar-refractivity contribution is -0.601. The Balaban J connectivity index is 2.30.